The summed E-state index contributed by atoms with van der Waals surface area (Å²) in [4.78, 5) is 8.26. The zero-order chi connectivity index (χ0) is 11.4. The zero-order valence-corrected chi connectivity index (χ0v) is 9.99. The van der Waals surface area contributed by atoms with Gasteiger partial charge in [0, 0.05) is 6.07 Å². The first kappa shape index (κ1) is 11.0. The molecular weight excluding hydrogens is 222 g/mol. The molecule has 0 aliphatic heterocycles. The van der Waals surface area contributed by atoms with Gasteiger partial charge in [-0.15, -0.1) is 0 Å². The van der Waals surface area contributed by atoms with Crippen LogP contribution in [-0.4, -0.2) is 24.1 Å². The van der Waals surface area contributed by atoms with Gasteiger partial charge in [-0.1, -0.05) is 0 Å². The number of hydrogen-bond donors (Lipinski definition) is 1. The largest absolute Gasteiger partial charge is 0.481 e. The fourth-order valence-corrected chi connectivity index (χ4v) is 2.23. The van der Waals surface area contributed by atoms with Crippen molar-refractivity contribution in [3.8, 4) is 5.88 Å². The summed E-state index contributed by atoms with van der Waals surface area (Å²) in [6.07, 6.45) is 1.52. The molecule has 84 valence electrons. The van der Waals surface area contributed by atoms with Crippen LogP contribution in [-0.2, 0) is 0 Å². The van der Waals surface area contributed by atoms with Crippen molar-refractivity contribution in [2.75, 3.05) is 14.2 Å². The Morgan fingerprint density at radius 3 is 2.94 bits per heavy atom. The lowest BCUT2D eigenvalue weighted by molar-refractivity contribution is 0.395. The summed E-state index contributed by atoms with van der Waals surface area (Å²) in [5.41, 5.74) is 2.11. The molecular formula is C11H13N3OS. The van der Waals surface area contributed by atoms with Crippen LogP contribution in [0.1, 0.15) is 17.3 Å². The number of nitrogens with one attached hydrogen (secondary N) is 1. The number of ether oxygens (including phenoxy) is 1. The van der Waals surface area contributed by atoms with E-state index in [0.29, 0.717) is 5.88 Å². The minimum Gasteiger partial charge on any atom is -0.481 e. The molecule has 16 heavy (non-hydrogen) atoms. The number of rotatable bonds is 4. The maximum atomic E-state index is 5.09. The summed E-state index contributed by atoms with van der Waals surface area (Å²) in [6, 6.07) is 4.02. The van der Waals surface area contributed by atoms with Crippen molar-refractivity contribution in [1.29, 1.82) is 0 Å². The molecule has 0 saturated carbocycles. The van der Waals surface area contributed by atoms with E-state index in [2.05, 4.69) is 32.1 Å². The van der Waals surface area contributed by atoms with E-state index in [-0.39, 0.29) is 6.04 Å². The molecule has 4 nitrogen and oxygen atoms in total. The summed E-state index contributed by atoms with van der Waals surface area (Å²) in [6.45, 7) is 0. The zero-order valence-electron chi connectivity index (χ0n) is 9.18. The average molecular weight is 235 g/mol. The van der Waals surface area contributed by atoms with Crippen LogP contribution in [0.3, 0.4) is 0 Å². The molecule has 0 saturated heterocycles. The molecule has 1 N–H and O–H groups in total. The summed E-state index contributed by atoms with van der Waals surface area (Å²) in [7, 11) is 3.52. The number of aromatic nitrogens is 2. The summed E-state index contributed by atoms with van der Waals surface area (Å²) < 4.78 is 5.09. The number of thiophene rings is 1. The van der Waals surface area contributed by atoms with E-state index in [0.717, 1.165) is 5.69 Å². The Kier molecular flexibility index (Phi) is 3.48. The Hall–Kier alpha value is -1.46. The highest BCUT2D eigenvalue weighted by Gasteiger charge is 2.14. The molecule has 1 unspecified atom stereocenters. The van der Waals surface area contributed by atoms with Crippen molar-refractivity contribution >= 4 is 11.3 Å². The number of methoxy groups -OCH3 is 1. The van der Waals surface area contributed by atoms with E-state index in [4.69, 9.17) is 4.74 Å². The smallest absolute Gasteiger partial charge is 0.216 e. The first-order chi connectivity index (χ1) is 7.85. The Balaban J connectivity index is 2.33. The van der Waals surface area contributed by atoms with Gasteiger partial charge in [-0.2, -0.15) is 11.3 Å². The Morgan fingerprint density at radius 2 is 2.31 bits per heavy atom. The van der Waals surface area contributed by atoms with Crippen LogP contribution in [0, 0.1) is 0 Å². The number of nitrogens with zero attached hydrogens (tertiary/aromatic N) is 2. The molecule has 0 aliphatic carbocycles. The van der Waals surface area contributed by atoms with Crippen LogP contribution in [0.4, 0.5) is 0 Å². The van der Waals surface area contributed by atoms with Crippen LogP contribution in [0.25, 0.3) is 0 Å². The highest BCUT2D eigenvalue weighted by atomic mass is 32.1. The molecule has 2 heterocycles. The van der Waals surface area contributed by atoms with Crippen molar-refractivity contribution in [3.63, 3.8) is 0 Å². The quantitative estimate of drug-likeness (QED) is 0.878. The summed E-state index contributed by atoms with van der Waals surface area (Å²) in [5, 5.41) is 7.39. The first-order valence-corrected chi connectivity index (χ1v) is 5.84. The molecule has 2 aromatic rings. The molecule has 2 aromatic heterocycles. The van der Waals surface area contributed by atoms with E-state index in [1.54, 1.807) is 18.4 Å². The molecule has 2 rings (SSSR count). The van der Waals surface area contributed by atoms with Gasteiger partial charge in [0.1, 0.15) is 6.33 Å². The minimum atomic E-state index is 0.0862. The van der Waals surface area contributed by atoms with Gasteiger partial charge in [0.2, 0.25) is 5.88 Å². The van der Waals surface area contributed by atoms with Crippen LogP contribution < -0.4 is 10.1 Å². The van der Waals surface area contributed by atoms with Gasteiger partial charge in [0.25, 0.3) is 0 Å². The lowest BCUT2D eigenvalue weighted by Gasteiger charge is -2.14. The van der Waals surface area contributed by atoms with Crippen LogP contribution in [0.15, 0.2) is 29.2 Å². The fraction of sp³-hybridized carbons (Fsp3) is 0.273. The Bertz CT molecular complexity index is 444. The van der Waals surface area contributed by atoms with Crippen LogP contribution >= 0.6 is 11.3 Å². The van der Waals surface area contributed by atoms with E-state index in [1.165, 1.54) is 11.9 Å². The van der Waals surface area contributed by atoms with Gasteiger partial charge in [0.05, 0.1) is 18.8 Å². The molecule has 0 bridgehead atoms. The summed E-state index contributed by atoms with van der Waals surface area (Å²) >= 11 is 1.67. The van der Waals surface area contributed by atoms with Crippen molar-refractivity contribution in [1.82, 2.24) is 15.3 Å². The van der Waals surface area contributed by atoms with Crippen molar-refractivity contribution in [2.45, 2.75) is 6.04 Å². The lowest BCUT2D eigenvalue weighted by Crippen LogP contribution is -2.18. The average Bonchev–Trinajstić information content (AvgIpc) is 2.84. The third kappa shape index (κ3) is 2.20. The molecule has 1 atom stereocenters. The predicted molar refractivity (Wildman–Crippen MR) is 63.8 cm³/mol. The molecule has 0 aromatic carbocycles. The van der Waals surface area contributed by atoms with Gasteiger partial charge in [-0.05, 0) is 29.4 Å². The number of hydrogen-bond acceptors (Lipinski definition) is 5. The predicted octanol–water partition coefficient (Wildman–Crippen LogP) is 1.86. The Morgan fingerprint density at radius 1 is 1.44 bits per heavy atom. The maximum absolute atomic E-state index is 5.09. The van der Waals surface area contributed by atoms with E-state index in [1.807, 2.05) is 13.1 Å². The van der Waals surface area contributed by atoms with Gasteiger partial charge in [-0.3, -0.25) is 0 Å². The highest BCUT2D eigenvalue weighted by molar-refractivity contribution is 7.08. The second-order valence-electron chi connectivity index (χ2n) is 3.26. The van der Waals surface area contributed by atoms with Crippen molar-refractivity contribution in [3.05, 3.63) is 40.5 Å². The molecule has 0 aliphatic rings. The third-order valence-electron chi connectivity index (χ3n) is 2.33. The second-order valence-corrected chi connectivity index (χ2v) is 4.04. The SMILES string of the molecule is CNC(c1ccsc1)c1cc(OC)ncn1. The minimum absolute atomic E-state index is 0.0862. The first-order valence-electron chi connectivity index (χ1n) is 4.90. The van der Waals surface area contributed by atoms with Gasteiger partial charge in [-0.25, -0.2) is 9.97 Å². The Labute approximate surface area is 98.3 Å². The van der Waals surface area contributed by atoms with E-state index < -0.39 is 0 Å². The van der Waals surface area contributed by atoms with Gasteiger partial charge in [0.15, 0.2) is 0 Å². The molecule has 5 heteroatoms. The highest BCUT2D eigenvalue weighted by Crippen LogP contribution is 2.23. The fourth-order valence-electron chi connectivity index (χ4n) is 1.55. The van der Waals surface area contributed by atoms with Gasteiger partial charge < -0.3 is 10.1 Å². The maximum Gasteiger partial charge on any atom is 0.216 e. The van der Waals surface area contributed by atoms with Gasteiger partial charge >= 0.3 is 0 Å². The van der Waals surface area contributed by atoms with Crippen molar-refractivity contribution in [2.24, 2.45) is 0 Å². The van der Waals surface area contributed by atoms with E-state index in [9.17, 15) is 0 Å². The molecule has 0 amide bonds. The topological polar surface area (TPSA) is 47.0 Å². The van der Waals surface area contributed by atoms with Crippen molar-refractivity contribution < 1.29 is 4.74 Å². The second kappa shape index (κ2) is 5.05. The molecule has 0 radical (unpaired) electrons. The third-order valence-corrected chi connectivity index (χ3v) is 3.03. The molecule has 0 fully saturated rings. The lowest BCUT2D eigenvalue weighted by atomic mass is 10.1. The monoisotopic (exact) mass is 235 g/mol. The van der Waals surface area contributed by atoms with Crippen LogP contribution in [0.5, 0.6) is 5.88 Å². The van der Waals surface area contributed by atoms with E-state index >= 15 is 0 Å². The molecule has 0 spiro atoms. The summed E-state index contributed by atoms with van der Waals surface area (Å²) in [5.74, 6) is 0.584. The normalized spacial score (nSPS) is 12.4. The van der Waals surface area contributed by atoms with Crippen LogP contribution in [0.2, 0.25) is 0 Å². The standard InChI is InChI=1S/C11H13N3OS/c1-12-11(8-3-4-16-6-8)9-5-10(15-2)14-7-13-9/h3-7,11-12H,1-2H3.